The van der Waals surface area contributed by atoms with Crippen molar-refractivity contribution in [2.75, 3.05) is 20.6 Å². The van der Waals surface area contributed by atoms with Crippen molar-refractivity contribution in [3.63, 3.8) is 0 Å². The largest absolute Gasteiger partial charge is 0.309 e. The van der Waals surface area contributed by atoms with Gasteiger partial charge in [-0.3, -0.25) is 0 Å². The second-order valence-electron chi connectivity index (χ2n) is 8.09. The van der Waals surface area contributed by atoms with E-state index in [1.54, 1.807) is 0 Å². The molecule has 153 valence electrons. The van der Waals surface area contributed by atoms with Crippen LogP contribution in [0.2, 0.25) is 6.82 Å². The number of hydrogen-bond donors (Lipinski definition) is 0. The molecule has 0 heterocycles. The van der Waals surface area contributed by atoms with Crippen LogP contribution in [0.1, 0.15) is 42.0 Å². The molecule has 0 N–H and O–H groups in total. The van der Waals surface area contributed by atoms with Gasteiger partial charge in [0.05, 0.1) is 0 Å². The van der Waals surface area contributed by atoms with Gasteiger partial charge in [0.1, 0.15) is 7.28 Å². The summed E-state index contributed by atoms with van der Waals surface area (Å²) in [5.74, 6) is 0. The minimum absolute atomic E-state index is 0.992. The van der Waals surface area contributed by atoms with Crippen LogP contribution in [0.4, 0.5) is 0 Å². The maximum absolute atomic E-state index is 2.30. The van der Waals surface area contributed by atoms with Crippen molar-refractivity contribution < 1.29 is 0 Å². The van der Waals surface area contributed by atoms with Crippen LogP contribution in [0.25, 0.3) is 11.1 Å². The highest BCUT2D eigenvalue weighted by Gasteiger charge is 2.13. The summed E-state index contributed by atoms with van der Waals surface area (Å²) in [6, 6.07) is 29.0. The fourth-order valence-corrected chi connectivity index (χ4v) is 3.96. The summed E-state index contributed by atoms with van der Waals surface area (Å²) < 4.78 is 0. The second-order valence-corrected chi connectivity index (χ2v) is 8.09. The van der Waals surface area contributed by atoms with Crippen LogP contribution >= 0.6 is 0 Å². The molecule has 0 spiro atoms. The molecule has 2 heteroatoms. The van der Waals surface area contributed by atoms with Crippen molar-refractivity contribution in [1.29, 1.82) is 0 Å². The average Bonchev–Trinajstić information content (AvgIpc) is 2.78. The van der Waals surface area contributed by atoms with E-state index in [1.807, 2.05) is 0 Å². The van der Waals surface area contributed by atoms with Crippen molar-refractivity contribution in [2.24, 2.45) is 0 Å². The summed E-state index contributed by atoms with van der Waals surface area (Å²) >= 11 is 0. The van der Waals surface area contributed by atoms with Crippen LogP contribution in [0.15, 0.2) is 78.9 Å². The third-order valence-corrected chi connectivity index (χ3v) is 5.62. The zero-order valence-corrected chi connectivity index (χ0v) is 18.9. The maximum atomic E-state index is 2.30. The molecule has 1 radical (unpaired) electrons. The fourth-order valence-electron chi connectivity index (χ4n) is 3.96. The minimum Gasteiger partial charge on any atom is -0.309 e. The first-order valence-electron chi connectivity index (χ1n) is 11.0. The summed E-state index contributed by atoms with van der Waals surface area (Å²) in [4.78, 5) is 2.25. The van der Waals surface area contributed by atoms with Gasteiger partial charge in [-0.2, -0.15) is 0 Å². The lowest BCUT2D eigenvalue weighted by molar-refractivity contribution is 0.400. The Morgan fingerprint density at radius 2 is 1.37 bits per heavy atom. The van der Waals surface area contributed by atoms with Crippen molar-refractivity contribution in [2.45, 2.75) is 33.0 Å². The van der Waals surface area contributed by atoms with Gasteiger partial charge in [0, 0.05) is 0 Å². The molecule has 0 fully saturated rings. The third-order valence-electron chi connectivity index (χ3n) is 5.62. The number of rotatable bonds is 9. The van der Waals surface area contributed by atoms with Crippen molar-refractivity contribution in [1.82, 2.24) is 4.90 Å². The number of aryl methyl sites for hydroxylation is 1. The van der Waals surface area contributed by atoms with E-state index in [9.17, 15) is 0 Å². The summed E-state index contributed by atoms with van der Waals surface area (Å²) in [7, 11) is 6.42. The first kappa shape index (κ1) is 22.1. The third kappa shape index (κ3) is 5.74. The Labute approximate surface area is 183 Å². The van der Waals surface area contributed by atoms with Crippen LogP contribution in [-0.4, -0.2) is 32.8 Å². The Morgan fingerprint density at radius 1 is 0.767 bits per heavy atom. The van der Waals surface area contributed by atoms with E-state index in [0.29, 0.717) is 0 Å². The van der Waals surface area contributed by atoms with Crippen LogP contribution < -0.4 is 5.46 Å². The molecule has 0 aliphatic heterocycles. The normalized spacial score (nSPS) is 12.0. The van der Waals surface area contributed by atoms with E-state index in [0.717, 1.165) is 19.4 Å². The molecule has 3 aromatic rings. The Bertz CT molecular complexity index is 938. The average molecular weight is 394 g/mol. The molecule has 0 bridgehead atoms. The molecule has 0 aliphatic carbocycles. The van der Waals surface area contributed by atoms with Gasteiger partial charge in [-0.05, 0) is 73.3 Å². The summed E-state index contributed by atoms with van der Waals surface area (Å²) in [5.41, 5.74) is 9.27. The Kier molecular flexibility index (Phi) is 8.10. The molecule has 0 aliphatic rings. The second kappa shape index (κ2) is 11.0. The number of benzene rings is 3. The number of allylic oxidation sites excluding steroid dienone is 1. The Morgan fingerprint density at radius 3 is 1.90 bits per heavy atom. The van der Waals surface area contributed by atoms with Crippen LogP contribution in [0, 0.1) is 0 Å². The molecule has 0 amide bonds. The predicted octanol–water partition coefficient (Wildman–Crippen LogP) is 5.93. The molecule has 30 heavy (non-hydrogen) atoms. The summed E-state index contributed by atoms with van der Waals surface area (Å²) in [5, 5.41) is 0. The zero-order chi connectivity index (χ0) is 21.3. The van der Waals surface area contributed by atoms with Gasteiger partial charge < -0.3 is 4.90 Å². The van der Waals surface area contributed by atoms with Gasteiger partial charge in [-0.1, -0.05) is 98.1 Å². The quantitative estimate of drug-likeness (QED) is 0.321. The molecule has 3 rings (SSSR count). The van der Waals surface area contributed by atoms with E-state index >= 15 is 0 Å². The van der Waals surface area contributed by atoms with E-state index in [-0.39, 0.29) is 0 Å². The van der Waals surface area contributed by atoms with Crippen molar-refractivity contribution in [3.8, 4) is 0 Å². The summed E-state index contributed by atoms with van der Waals surface area (Å²) in [6.07, 6.45) is 3.30. The minimum atomic E-state index is 0.992. The molecule has 0 saturated carbocycles. The van der Waals surface area contributed by atoms with Crippen LogP contribution in [0.5, 0.6) is 0 Å². The van der Waals surface area contributed by atoms with Gasteiger partial charge in [0.2, 0.25) is 0 Å². The topological polar surface area (TPSA) is 3.24 Å². The zero-order valence-electron chi connectivity index (χ0n) is 18.9. The van der Waals surface area contributed by atoms with Gasteiger partial charge >= 0.3 is 0 Å². The lowest BCUT2D eigenvalue weighted by Crippen LogP contribution is -2.13. The standard InChI is InChI=1S/C28H33BN/c1-5-27(23-11-7-6-8-12-23)28(25-17-19-26(29-2)20-18-25)24-15-13-22(14-16-24)10-9-21-30(3)4/h6-8,11-20H,5,9-10,21H2,1-4H3/b28-27+. The monoisotopic (exact) mass is 394 g/mol. The molecule has 1 nitrogen and oxygen atoms in total. The first-order valence-corrected chi connectivity index (χ1v) is 11.0. The predicted molar refractivity (Wildman–Crippen MR) is 134 cm³/mol. The van der Waals surface area contributed by atoms with Gasteiger partial charge in [-0.15, -0.1) is 0 Å². The van der Waals surface area contributed by atoms with E-state index < -0.39 is 0 Å². The molecular formula is C28H33BN. The highest BCUT2D eigenvalue weighted by atomic mass is 15.0. The van der Waals surface area contributed by atoms with Gasteiger partial charge in [-0.25, -0.2) is 0 Å². The Hall–Kier alpha value is -2.58. The molecule has 0 unspecified atom stereocenters. The number of nitrogens with zero attached hydrogens (tertiary/aromatic N) is 1. The lowest BCUT2D eigenvalue weighted by atomic mass is 9.73. The van der Waals surface area contributed by atoms with Crippen LogP contribution in [0.3, 0.4) is 0 Å². The van der Waals surface area contributed by atoms with Gasteiger partial charge in [0.25, 0.3) is 0 Å². The molecular weight excluding hydrogens is 361 g/mol. The molecule has 0 saturated heterocycles. The highest BCUT2D eigenvalue weighted by molar-refractivity contribution is 6.51. The van der Waals surface area contributed by atoms with Crippen LogP contribution in [-0.2, 0) is 6.42 Å². The van der Waals surface area contributed by atoms with Crippen molar-refractivity contribution >= 4 is 23.9 Å². The summed E-state index contributed by atoms with van der Waals surface area (Å²) in [6.45, 7) is 5.47. The molecule has 3 aromatic carbocycles. The maximum Gasteiger partial charge on any atom is 0.148 e. The smallest absolute Gasteiger partial charge is 0.148 e. The number of hydrogen-bond acceptors (Lipinski definition) is 1. The highest BCUT2D eigenvalue weighted by Crippen LogP contribution is 2.34. The molecule has 0 atom stereocenters. The lowest BCUT2D eigenvalue weighted by Gasteiger charge is -2.17. The first-order chi connectivity index (χ1) is 14.6. The van der Waals surface area contributed by atoms with E-state index in [2.05, 4.69) is 119 Å². The van der Waals surface area contributed by atoms with E-state index in [1.165, 1.54) is 45.3 Å². The van der Waals surface area contributed by atoms with Gasteiger partial charge in [0.15, 0.2) is 0 Å². The molecule has 0 aromatic heterocycles. The Balaban J connectivity index is 2.02. The van der Waals surface area contributed by atoms with Crippen molar-refractivity contribution in [3.05, 3.63) is 101 Å². The SMILES string of the molecule is C[B]c1ccc(/C(=C(\CC)c2ccccc2)c2ccc(CCCN(C)C)cc2)cc1. The fraction of sp³-hybridized carbons (Fsp3) is 0.286. The van der Waals surface area contributed by atoms with E-state index in [4.69, 9.17) is 0 Å².